The highest BCUT2D eigenvalue weighted by molar-refractivity contribution is 5.79. The molecule has 26 heavy (non-hydrogen) atoms. The summed E-state index contributed by atoms with van der Waals surface area (Å²) in [5.74, 6) is 0.681. The fourth-order valence-corrected chi connectivity index (χ4v) is 4.80. The summed E-state index contributed by atoms with van der Waals surface area (Å²) in [5.41, 5.74) is -0.158. The number of carbonyl (C=O) groups excluding carboxylic acids is 2. The van der Waals surface area contributed by atoms with Gasteiger partial charge in [0.2, 0.25) is 5.91 Å². The van der Waals surface area contributed by atoms with Crippen LogP contribution in [0.15, 0.2) is 0 Å². The number of hydrogen-bond acceptors (Lipinski definition) is 4. The minimum atomic E-state index is -1.11. The van der Waals surface area contributed by atoms with Crippen molar-refractivity contribution in [2.75, 3.05) is 40.3 Å². The molecule has 2 heterocycles. The van der Waals surface area contributed by atoms with Gasteiger partial charge in [-0.2, -0.15) is 5.26 Å². The largest absolute Gasteiger partial charge is 0.331 e. The number of fused-ring (bicyclic) bond motifs is 1. The predicted octanol–water partition coefficient (Wildman–Crippen LogP) is 0.821. The van der Waals surface area contributed by atoms with Crippen LogP contribution in [0.5, 0.6) is 0 Å². The Morgan fingerprint density at radius 1 is 1.27 bits per heavy atom. The SMILES string of the molecule is CN(C)C(=O)N1C[C@@H]2CC(C)(NCC(=O)N3C[C@@H](F)CC3C#N)C[C@@H]2C1. The highest BCUT2D eigenvalue weighted by Crippen LogP contribution is 2.43. The fourth-order valence-electron chi connectivity index (χ4n) is 4.80. The van der Waals surface area contributed by atoms with Gasteiger partial charge < -0.3 is 20.0 Å². The Labute approximate surface area is 154 Å². The fraction of sp³-hybridized carbons (Fsp3) is 0.833. The Morgan fingerprint density at radius 3 is 2.42 bits per heavy atom. The maximum atomic E-state index is 13.5. The van der Waals surface area contributed by atoms with E-state index < -0.39 is 12.2 Å². The summed E-state index contributed by atoms with van der Waals surface area (Å²) in [4.78, 5) is 29.4. The molecule has 3 fully saturated rings. The van der Waals surface area contributed by atoms with E-state index in [1.165, 1.54) is 4.90 Å². The summed E-state index contributed by atoms with van der Waals surface area (Å²) in [6.07, 6.45) is 0.829. The van der Waals surface area contributed by atoms with E-state index in [0.29, 0.717) is 11.8 Å². The smallest absolute Gasteiger partial charge is 0.319 e. The van der Waals surface area contributed by atoms with Crippen molar-refractivity contribution in [3.63, 3.8) is 0 Å². The van der Waals surface area contributed by atoms with Gasteiger partial charge in [-0.15, -0.1) is 0 Å². The van der Waals surface area contributed by atoms with Crippen LogP contribution in [0.4, 0.5) is 9.18 Å². The topological polar surface area (TPSA) is 79.7 Å². The van der Waals surface area contributed by atoms with Crippen LogP contribution >= 0.6 is 0 Å². The van der Waals surface area contributed by atoms with Gasteiger partial charge in [0.15, 0.2) is 0 Å². The number of nitrogens with one attached hydrogen (secondary N) is 1. The normalized spacial score (nSPS) is 36.1. The van der Waals surface area contributed by atoms with Gasteiger partial charge in [-0.05, 0) is 31.6 Å². The third-order valence-corrected chi connectivity index (χ3v) is 6.04. The first-order chi connectivity index (χ1) is 12.2. The van der Waals surface area contributed by atoms with Crippen LogP contribution in [0, 0.1) is 23.2 Å². The molecule has 0 aromatic rings. The summed E-state index contributed by atoms with van der Waals surface area (Å²) in [7, 11) is 3.53. The Balaban J connectivity index is 1.51. The van der Waals surface area contributed by atoms with Crippen molar-refractivity contribution in [3.8, 4) is 6.07 Å². The number of carbonyl (C=O) groups is 2. The van der Waals surface area contributed by atoms with E-state index in [-0.39, 0.29) is 37.0 Å². The van der Waals surface area contributed by atoms with Crippen molar-refractivity contribution in [2.24, 2.45) is 11.8 Å². The van der Waals surface area contributed by atoms with E-state index in [2.05, 4.69) is 12.2 Å². The van der Waals surface area contributed by atoms with Crippen LogP contribution in [0.25, 0.3) is 0 Å². The molecule has 144 valence electrons. The summed E-state index contributed by atoms with van der Waals surface area (Å²) >= 11 is 0. The zero-order valence-electron chi connectivity index (χ0n) is 15.7. The zero-order valence-corrected chi connectivity index (χ0v) is 15.7. The minimum absolute atomic E-state index is 0.0162. The molecule has 3 aliphatic rings. The molecule has 1 saturated carbocycles. The Kier molecular flexibility index (Phi) is 5.11. The standard InChI is InChI=1S/C18H28FN5O2/c1-18(21-8-16(25)24-11-14(19)4-15(24)7-20)5-12-9-23(10-13(12)6-18)17(26)22(2)3/h12-15,21H,4-6,8-11H2,1-3H3/t12-,13+,14-,15?,18?/m0/s1. The molecule has 0 bridgehead atoms. The maximum Gasteiger partial charge on any atom is 0.319 e. The van der Waals surface area contributed by atoms with Gasteiger partial charge in [-0.1, -0.05) is 0 Å². The molecular weight excluding hydrogens is 337 g/mol. The molecule has 5 atom stereocenters. The molecule has 0 aromatic heterocycles. The summed E-state index contributed by atoms with van der Waals surface area (Å²) in [5, 5.41) is 12.4. The van der Waals surface area contributed by atoms with E-state index in [1.807, 2.05) is 11.0 Å². The Bertz CT molecular complexity index is 605. The van der Waals surface area contributed by atoms with E-state index in [9.17, 15) is 14.0 Å². The van der Waals surface area contributed by atoms with Crippen LogP contribution < -0.4 is 5.32 Å². The van der Waals surface area contributed by atoms with Gasteiger partial charge in [0.05, 0.1) is 19.2 Å². The maximum absolute atomic E-state index is 13.5. The minimum Gasteiger partial charge on any atom is -0.331 e. The van der Waals surface area contributed by atoms with E-state index in [0.717, 1.165) is 25.9 Å². The van der Waals surface area contributed by atoms with Crippen molar-refractivity contribution < 1.29 is 14.0 Å². The summed E-state index contributed by atoms with van der Waals surface area (Å²) in [6.45, 7) is 3.78. The average Bonchev–Trinajstić information content (AvgIpc) is 3.22. The quantitative estimate of drug-likeness (QED) is 0.803. The van der Waals surface area contributed by atoms with Gasteiger partial charge in [0, 0.05) is 39.1 Å². The van der Waals surface area contributed by atoms with E-state index >= 15 is 0 Å². The molecule has 8 heteroatoms. The predicted molar refractivity (Wildman–Crippen MR) is 93.9 cm³/mol. The Morgan fingerprint density at radius 2 is 1.88 bits per heavy atom. The number of nitriles is 1. The van der Waals surface area contributed by atoms with Crippen molar-refractivity contribution in [2.45, 2.75) is 43.9 Å². The number of urea groups is 1. The van der Waals surface area contributed by atoms with Gasteiger partial charge in [0.25, 0.3) is 0 Å². The first kappa shape index (κ1) is 18.9. The van der Waals surface area contributed by atoms with E-state index in [4.69, 9.17) is 5.26 Å². The molecule has 0 radical (unpaired) electrons. The van der Waals surface area contributed by atoms with Crippen LogP contribution in [0.1, 0.15) is 26.2 Å². The second-order valence-electron chi connectivity index (χ2n) is 8.45. The molecule has 1 aliphatic carbocycles. The van der Waals surface area contributed by atoms with Gasteiger partial charge >= 0.3 is 6.03 Å². The molecule has 0 spiro atoms. The number of alkyl halides is 1. The molecule has 2 unspecified atom stereocenters. The number of amides is 3. The second kappa shape index (κ2) is 7.03. The third kappa shape index (κ3) is 3.63. The Hall–Kier alpha value is -1.88. The molecule has 2 aliphatic heterocycles. The lowest BCUT2D eigenvalue weighted by Gasteiger charge is -2.30. The number of rotatable bonds is 3. The first-order valence-corrected chi connectivity index (χ1v) is 9.27. The molecule has 3 amide bonds. The van der Waals surface area contributed by atoms with Gasteiger partial charge in [-0.25, -0.2) is 9.18 Å². The number of halogens is 1. The second-order valence-corrected chi connectivity index (χ2v) is 8.45. The highest BCUT2D eigenvalue weighted by atomic mass is 19.1. The van der Waals surface area contributed by atoms with E-state index in [1.54, 1.807) is 19.0 Å². The van der Waals surface area contributed by atoms with Crippen LogP contribution in [-0.2, 0) is 4.79 Å². The lowest BCUT2D eigenvalue weighted by Crippen LogP contribution is -2.49. The van der Waals surface area contributed by atoms with Gasteiger partial charge in [-0.3, -0.25) is 4.79 Å². The van der Waals surface area contributed by atoms with Crippen molar-refractivity contribution in [3.05, 3.63) is 0 Å². The van der Waals surface area contributed by atoms with Crippen molar-refractivity contribution in [1.82, 2.24) is 20.0 Å². The van der Waals surface area contributed by atoms with Crippen molar-refractivity contribution in [1.29, 1.82) is 5.26 Å². The van der Waals surface area contributed by atoms with Crippen molar-refractivity contribution >= 4 is 11.9 Å². The first-order valence-electron chi connectivity index (χ1n) is 9.27. The van der Waals surface area contributed by atoms with Gasteiger partial charge in [0.1, 0.15) is 12.2 Å². The molecular formula is C18H28FN5O2. The number of likely N-dealkylation sites (tertiary alicyclic amines) is 2. The molecule has 3 rings (SSSR count). The number of nitrogens with zero attached hydrogens (tertiary/aromatic N) is 4. The highest BCUT2D eigenvalue weighted by Gasteiger charge is 2.48. The molecule has 0 aromatic carbocycles. The molecule has 7 nitrogen and oxygen atoms in total. The molecule has 1 N–H and O–H groups in total. The monoisotopic (exact) mass is 365 g/mol. The van der Waals surface area contributed by atoms with Crippen LogP contribution in [-0.4, -0.2) is 84.7 Å². The summed E-state index contributed by atoms with van der Waals surface area (Å²) < 4.78 is 13.5. The lowest BCUT2D eigenvalue weighted by molar-refractivity contribution is -0.130. The van der Waals surface area contributed by atoms with Crippen LogP contribution in [0.2, 0.25) is 0 Å². The zero-order chi connectivity index (χ0) is 19.1. The summed E-state index contributed by atoms with van der Waals surface area (Å²) in [6, 6.07) is 1.42. The van der Waals surface area contributed by atoms with Crippen LogP contribution in [0.3, 0.4) is 0 Å². The third-order valence-electron chi connectivity index (χ3n) is 6.04. The lowest BCUT2D eigenvalue weighted by atomic mass is 9.98. The molecule has 2 saturated heterocycles. The average molecular weight is 365 g/mol. The number of hydrogen-bond donors (Lipinski definition) is 1.